The van der Waals surface area contributed by atoms with Crippen LogP contribution < -0.4 is 11.6 Å². The molecule has 0 bridgehead atoms. The molecule has 2 atom stereocenters. The molecular weight excluding hydrogens is 510 g/mol. The Labute approximate surface area is 228 Å². The molecule has 202 valence electrons. The molecule has 2 heterocycles. The van der Waals surface area contributed by atoms with Gasteiger partial charge in [0.2, 0.25) is 0 Å². The van der Waals surface area contributed by atoms with E-state index >= 15 is 0 Å². The van der Waals surface area contributed by atoms with Gasteiger partial charge in [0.25, 0.3) is 0 Å². The first-order chi connectivity index (χ1) is 17.7. The minimum Gasteiger partial charge on any atom is -0.481 e. The number of halogens is 1. The molecule has 1 aliphatic carbocycles. The average molecular weight is 548 g/mol. The predicted molar refractivity (Wildman–Crippen MR) is 147 cm³/mol. The number of aryl methyl sites for hydroxylation is 2. The Kier molecular flexibility index (Phi) is 9.47. The zero-order valence-corrected chi connectivity index (χ0v) is 23.2. The largest absolute Gasteiger partial charge is 0.481 e. The van der Waals surface area contributed by atoms with Crippen LogP contribution in [-0.2, 0) is 16.0 Å². The molecule has 10 heteroatoms. The molecular formula is C27H38ClN5O3S. The molecule has 8 nitrogen and oxygen atoms in total. The summed E-state index contributed by atoms with van der Waals surface area (Å²) in [5, 5.41) is 12.3. The van der Waals surface area contributed by atoms with Crippen LogP contribution in [0.25, 0.3) is 0 Å². The molecule has 37 heavy (non-hydrogen) atoms. The third kappa shape index (κ3) is 7.45. The van der Waals surface area contributed by atoms with E-state index in [1.54, 1.807) is 6.20 Å². The summed E-state index contributed by atoms with van der Waals surface area (Å²) in [5.74, 6) is 5.60. The van der Waals surface area contributed by atoms with E-state index in [0.717, 1.165) is 42.8 Å². The summed E-state index contributed by atoms with van der Waals surface area (Å²) in [5.41, 5.74) is 9.30. The van der Waals surface area contributed by atoms with Crippen molar-refractivity contribution in [2.45, 2.75) is 76.5 Å². The van der Waals surface area contributed by atoms with Crippen LogP contribution in [0.3, 0.4) is 0 Å². The van der Waals surface area contributed by atoms with Crippen LogP contribution in [0.15, 0.2) is 36.2 Å². The van der Waals surface area contributed by atoms with E-state index in [4.69, 9.17) is 38.0 Å². The monoisotopic (exact) mass is 547 g/mol. The van der Waals surface area contributed by atoms with E-state index in [-0.39, 0.29) is 25.1 Å². The number of nitrogens with two attached hydrogens (primary N) is 2. The Morgan fingerprint density at radius 1 is 1.27 bits per heavy atom. The first-order valence-corrected chi connectivity index (χ1v) is 14.1. The number of carbonyl (C=O) groups is 1. The Bertz CT molecular complexity index is 1060. The number of nitrogens with zero attached hydrogens (tertiary/aromatic N) is 3. The van der Waals surface area contributed by atoms with Gasteiger partial charge in [-0.05, 0) is 63.6 Å². The molecule has 0 spiro atoms. The smallest absolute Gasteiger partial charge is 0.305 e. The lowest BCUT2D eigenvalue weighted by atomic mass is 9.84. The van der Waals surface area contributed by atoms with E-state index in [0.29, 0.717) is 30.8 Å². The van der Waals surface area contributed by atoms with Gasteiger partial charge in [0.05, 0.1) is 29.4 Å². The van der Waals surface area contributed by atoms with Crippen LogP contribution in [0, 0.1) is 13.8 Å². The van der Waals surface area contributed by atoms with Crippen LogP contribution in [0.4, 0.5) is 0 Å². The first-order valence-electron chi connectivity index (χ1n) is 13.0. The van der Waals surface area contributed by atoms with E-state index < -0.39 is 5.97 Å². The number of hydrazine groups is 1. The standard InChI is InChI=1S/C27H38ClN5O3S/c1-17-18(2)37-27(31-17)20-5-9-22(10-6-20)33-15-25(24(29)14-32(30)12-11-26(34)35)36-16-23(33)13-19-3-7-21(28)8-4-19/h3-4,7-8,14,20,22-23,25H,5-6,9-13,15-16,29-30H2,1-2H3,(H,34,35)/b24-14-/t20?,22?,23-,25?/m0/s1. The number of morpholine rings is 1. The predicted octanol–water partition coefficient (Wildman–Crippen LogP) is 4.20. The SMILES string of the molecule is Cc1nc(C2CCC(N3CC(/C(N)=C/N(N)CCC(=O)O)OC[C@@H]3Cc3ccc(Cl)cc3)CC2)sc1C. The summed E-state index contributed by atoms with van der Waals surface area (Å²) in [6.07, 6.45) is 6.61. The Hall–Kier alpha value is -2.17. The van der Waals surface area contributed by atoms with Gasteiger partial charge in [-0.3, -0.25) is 9.69 Å². The highest BCUT2D eigenvalue weighted by Crippen LogP contribution is 2.38. The molecule has 0 amide bonds. The second-order valence-electron chi connectivity index (χ2n) is 10.2. The number of benzene rings is 1. The van der Waals surface area contributed by atoms with Crippen LogP contribution in [-0.4, -0.2) is 63.9 Å². The summed E-state index contributed by atoms with van der Waals surface area (Å²) in [7, 11) is 0. The quantitative estimate of drug-likeness (QED) is 0.316. The zero-order chi connectivity index (χ0) is 26.5. The summed E-state index contributed by atoms with van der Waals surface area (Å²) in [6.45, 7) is 5.67. The van der Waals surface area contributed by atoms with Crippen molar-refractivity contribution in [3.63, 3.8) is 0 Å². The number of hydrogen-bond donors (Lipinski definition) is 3. The van der Waals surface area contributed by atoms with Gasteiger partial charge in [0.15, 0.2) is 0 Å². The lowest BCUT2D eigenvalue weighted by Gasteiger charge is -2.46. The number of hydrogen-bond acceptors (Lipinski definition) is 8. The fraction of sp³-hybridized carbons (Fsp3) is 0.556. The van der Waals surface area contributed by atoms with Crippen molar-refractivity contribution in [2.75, 3.05) is 19.7 Å². The molecule has 1 saturated carbocycles. The van der Waals surface area contributed by atoms with Gasteiger partial charge in [-0.15, -0.1) is 11.3 Å². The molecule has 1 aromatic carbocycles. The Balaban J connectivity index is 1.45. The molecule has 4 rings (SSSR count). The number of aromatic nitrogens is 1. The van der Waals surface area contributed by atoms with Gasteiger partial charge in [0, 0.05) is 47.2 Å². The highest BCUT2D eigenvalue weighted by molar-refractivity contribution is 7.11. The second kappa shape index (κ2) is 12.6. The van der Waals surface area contributed by atoms with Crippen LogP contribution in [0.5, 0.6) is 0 Å². The van der Waals surface area contributed by atoms with Crippen molar-refractivity contribution < 1.29 is 14.6 Å². The molecule has 1 aliphatic heterocycles. The molecule has 2 aliphatic rings. The summed E-state index contributed by atoms with van der Waals surface area (Å²) in [4.78, 5) is 19.6. The number of rotatable bonds is 9. The lowest BCUT2D eigenvalue weighted by molar-refractivity contribution is -0.137. The van der Waals surface area contributed by atoms with Gasteiger partial charge in [-0.1, -0.05) is 23.7 Å². The first kappa shape index (κ1) is 27.9. The van der Waals surface area contributed by atoms with Crippen molar-refractivity contribution >= 4 is 28.9 Å². The van der Waals surface area contributed by atoms with Gasteiger partial charge in [-0.25, -0.2) is 10.8 Å². The molecule has 1 saturated heterocycles. The lowest BCUT2D eigenvalue weighted by Crippen LogP contribution is -2.56. The molecule has 0 radical (unpaired) electrons. The topological polar surface area (TPSA) is 118 Å². The van der Waals surface area contributed by atoms with E-state index in [1.165, 1.54) is 20.5 Å². The number of thiazole rings is 1. The number of carboxylic acids is 1. The van der Waals surface area contributed by atoms with Gasteiger partial charge in [0.1, 0.15) is 6.10 Å². The zero-order valence-electron chi connectivity index (χ0n) is 21.6. The molecule has 2 aromatic rings. The number of ether oxygens (including phenoxy) is 1. The van der Waals surface area contributed by atoms with Crippen LogP contribution in [0.1, 0.15) is 59.2 Å². The fourth-order valence-electron chi connectivity index (χ4n) is 5.32. The fourth-order valence-corrected chi connectivity index (χ4v) is 6.54. The summed E-state index contributed by atoms with van der Waals surface area (Å²) < 4.78 is 6.23. The van der Waals surface area contributed by atoms with Crippen molar-refractivity contribution in [3.05, 3.63) is 62.3 Å². The van der Waals surface area contributed by atoms with Crippen LogP contribution in [0.2, 0.25) is 5.02 Å². The van der Waals surface area contributed by atoms with Crippen molar-refractivity contribution in [2.24, 2.45) is 11.6 Å². The van der Waals surface area contributed by atoms with Crippen molar-refractivity contribution in [3.8, 4) is 0 Å². The molecule has 1 unspecified atom stereocenters. The average Bonchev–Trinajstić information content (AvgIpc) is 3.22. The van der Waals surface area contributed by atoms with E-state index in [9.17, 15) is 4.79 Å². The van der Waals surface area contributed by atoms with Crippen LogP contribution >= 0.6 is 22.9 Å². The maximum absolute atomic E-state index is 10.9. The maximum Gasteiger partial charge on any atom is 0.305 e. The van der Waals surface area contributed by atoms with E-state index in [1.807, 2.05) is 23.5 Å². The van der Waals surface area contributed by atoms with Gasteiger partial charge < -0.3 is 20.6 Å². The number of carboxylic acid groups (broad SMARTS) is 1. The maximum atomic E-state index is 10.9. The third-order valence-electron chi connectivity index (χ3n) is 7.55. The minimum atomic E-state index is -0.897. The third-order valence-corrected chi connectivity index (χ3v) is 9.04. The van der Waals surface area contributed by atoms with E-state index in [2.05, 4.69) is 30.9 Å². The Morgan fingerprint density at radius 2 is 1.97 bits per heavy atom. The highest BCUT2D eigenvalue weighted by atomic mass is 35.5. The molecule has 2 fully saturated rings. The van der Waals surface area contributed by atoms with Gasteiger partial charge in [-0.2, -0.15) is 0 Å². The van der Waals surface area contributed by atoms with Gasteiger partial charge >= 0.3 is 5.97 Å². The normalized spacial score (nSPS) is 25.2. The van der Waals surface area contributed by atoms with Crippen molar-refractivity contribution in [1.29, 1.82) is 0 Å². The highest BCUT2D eigenvalue weighted by Gasteiger charge is 2.37. The number of aliphatic carboxylic acids is 1. The molecule has 5 N–H and O–H groups in total. The summed E-state index contributed by atoms with van der Waals surface area (Å²) >= 11 is 7.95. The Morgan fingerprint density at radius 3 is 2.59 bits per heavy atom. The van der Waals surface area contributed by atoms with Crippen molar-refractivity contribution in [1.82, 2.24) is 14.9 Å². The minimum absolute atomic E-state index is 0.0531. The summed E-state index contributed by atoms with van der Waals surface area (Å²) in [6, 6.07) is 8.71. The second-order valence-corrected chi connectivity index (χ2v) is 11.9. The molecule has 1 aromatic heterocycles.